The zero-order valence-electron chi connectivity index (χ0n) is 27.4. The summed E-state index contributed by atoms with van der Waals surface area (Å²) in [6.07, 6.45) is 6.78. The van der Waals surface area contributed by atoms with Crippen molar-refractivity contribution in [2.75, 3.05) is 57.4 Å². The van der Waals surface area contributed by atoms with Crippen LogP contribution in [0.5, 0.6) is 17.4 Å². The SMILES string of the molecule is CCN(C(=O)c1cc(F)ccc1Oc1nncnc1N1CCC(Oc2ccnc3c2CN(CCC2COCCO2)CC3)CC1)C(C)C. The Morgan fingerprint density at radius 1 is 1.13 bits per heavy atom. The van der Waals surface area contributed by atoms with Crippen LogP contribution in [0.15, 0.2) is 36.8 Å². The van der Waals surface area contributed by atoms with E-state index in [9.17, 15) is 9.18 Å². The lowest BCUT2D eigenvalue weighted by molar-refractivity contribution is -0.0929. The number of nitrogens with zero attached hydrogens (tertiary/aromatic N) is 7. The van der Waals surface area contributed by atoms with E-state index in [1.54, 1.807) is 4.90 Å². The molecule has 0 bridgehead atoms. The molecule has 1 aromatic carbocycles. The maximum atomic E-state index is 14.3. The summed E-state index contributed by atoms with van der Waals surface area (Å²) in [5.41, 5.74) is 2.40. The van der Waals surface area contributed by atoms with Gasteiger partial charge in [-0.2, -0.15) is 0 Å². The van der Waals surface area contributed by atoms with E-state index in [2.05, 4.69) is 30.0 Å². The first-order chi connectivity index (χ1) is 22.9. The number of ether oxygens (including phenoxy) is 4. The van der Waals surface area contributed by atoms with Crippen molar-refractivity contribution in [3.8, 4) is 17.4 Å². The number of rotatable bonds is 11. The molecule has 6 rings (SSSR count). The van der Waals surface area contributed by atoms with Gasteiger partial charge in [0.15, 0.2) is 5.82 Å². The zero-order valence-corrected chi connectivity index (χ0v) is 27.4. The molecule has 3 aliphatic rings. The Morgan fingerprint density at radius 3 is 2.74 bits per heavy atom. The number of piperidine rings is 1. The largest absolute Gasteiger partial charge is 0.490 e. The zero-order chi connectivity index (χ0) is 32.8. The first-order valence-corrected chi connectivity index (χ1v) is 16.7. The Bertz CT molecular complexity index is 1510. The van der Waals surface area contributed by atoms with Gasteiger partial charge >= 0.3 is 0 Å². The lowest BCUT2D eigenvalue weighted by Crippen LogP contribution is -2.39. The Balaban J connectivity index is 1.09. The van der Waals surface area contributed by atoms with Gasteiger partial charge in [0.2, 0.25) is 0 Å². The van der Waals surface area contributed by atoms with Crippen LogP contribution in [0.25, 0.3) is 0 Å². The lowest BCUT2D eigenvalue weighted by Gasteiger charge is -2.35. The van der Waals surface area contributed by atoms with Gasteiger partial charge < -0.3 is 28.7 Å². The van der Waals surface area contributed by atoms with E-state index in [4.69, 9.17) is 18.9 Å². The van der Waals surface area contributed by atoms with Crippen molar-refractivity contribution in [3.05, 3.63) is 59.4 Å². The Morgan fingerprint density at radius 2 is 1.98 bits per heavy atom. The van der Waals surface area contributed by atoms with Crippen molar-refractivity contribution in [3.63, 3.8) is 0 Å². The summed E-state index contributed by atoms with van der Waals surface area (Å²) in [7, 11) is 0. The first kappa shape index (κ1) is 33.0. The molecule has 252 valence electrons. The van der Waals surface area contributed by atoms with Crippen LogP contribution in [0.4, 0.5) is 10.2 Å². The number of benzene rings is 1. The molecule has 1 atom stereocenters. The van der Waals surface area contributed by atoms with Gasteiger partial charge in [0.1, 0.15) is 29.7 Å². The minimum absolute atomic E-state index is 0.0254. The summed E-state index contributed by atoms with van der Waals surface area (Å²) in [4.78, 5) is 28.7. The molecular weight excluding hydrogens is 605 g/mol. The minimum atomic E-state index is -0.521. The van der Waals surface area contributed by atoms with Crippen LogP contribution in [0, 0.1) is 5.82 Å². The molecule has 1 amide bonds. The van der Waals surface area contributed by atoms with Gasteiger partial charge in [0.25, 0.3) is 11.8 Å². The third kappa shape index (κ3) is 7.96. The first-order valence-electron chi connectivity index (χ1n) is 16.7. The molecule has 2 saturated heterocycles. The topological polar surface area (TPSA) is 115 Å². The molecule has 2 aromatic heterocycles. The number of hydrogen-bond acceptors (Lipinski definition) is 11. The van der Waals surface area contributed by atoms with Gasteiger partial charge in [-0.1, -0.05) is 0 Å². The monoisotopic (exact) mass is 649 g/mol. The highest BCUT2D eigenvalue weighted by Crippen LogP contribution is 2.34. The standard InChI is InChI=1S/C34H44FN7O5/c1-4-42(23(2)3)34(43)27-19-24(35)5-6-30(27)47-33-32(37-22-38-39-33)41-15-9-25(10-16-41)46-31-7-12-36-29-11-14-40(20-28(29)31)13-8-26-21-44-17-18-45-26/h5-7,12,19,22-23,25-26H,4,8-11,13-18,20-21H2,1-3H3. The number of pyridine rings is 1. The molecule has 0 N–H and O–H groups in total. The van der Waals surface area contributed by atoms with E-state index in [1.807, 2.05) is 33.0 Å². The number of carbonyl (C=O) groups excluding carboxylic acids is 1. The predicted octanol–water partition coefficient (Wildman–Crippen LogP) is 4.28. The van der Waals surface area contributed by atoms with Crippen LogP contribution in [0.3, 0.4) is 0 Å². The summed E-state index contributed by atoms with van der Waals surface area (Å²) >= 11 is 0. The molecule has 5 heterocycles. The summed E-state index contributed by atoms with van der Waals surface area (Å²) in [6.45, 7) is 12.3. The summed E-state index contributed by atoms with van der Waals surface area (Å²) in [6, 6.07) is 5.83. The minimum Gasteiger partial charge on any atom is -0.490 e. The van der Waals surface area contributed by atoms with Crippen molar-refractivity contribution in [1.29, 1.82) is 0 Å². The van der Waals surface area contributed by atoms with Crippen LogP contribution in [-0.4, -0.2) is 107 Å². The van der Waals surface area contributed by atoms with Gasteiger partial charge in [0, 0.05) is 82.0 Å². The van der Waals surface area contributed by atoms with Gasteiger partial charge in [-0.25, -0.2) is 9.37 Å². The van der Waals surface area contributed by atoms with E-state index in [0.29, 0.717) is 45.3 Å². The normalized spacial score (nSPS) is 19.0. The van der Waals surface area contributed by atoms with Gasteiger partial charge in [-0.3, -0.25) is 14.7 Å². The second kappa shape index (κ2) is 15.3. The number of carbonyl (C=O) groups is 1. The maximum Gasteiger partial charge on any atom is 0.282 e. The Labute approximate surface area is 275 Å². The number of anilines is 1. The van der Waals surface area contributed by atoms with Crippen LogP contribution in [0.2, 0.25) is 0 Å². The molecule has 47 heavy (non-hydrogen) atoms. The molecule has 3 aliphatic heterocycles. The quantitative estimate of drug-likeness (QED) is 0.297. The molecule has 13 heteroatoms. The fraction of sp³-hybridized carbons (Fsp3) is 0.559. The molecule has 0 saturated carbocycles. The number of fused-ring (bicyclic) bond motifs is 1. The highest BCUT2D eigenvalue weighted by molar-refractivity contribution is 5.97. The number of hydrogen-bond donors (Lipinski definition) is 0. The van der Waals surface area contributed by atoms with E-state index in [0.717, 1.165) is 56.8 Å². The average Bonchev–Trinajstić information content (AvgIpc) is 3.09. The molecule has 2 fully saturated rings. The highest BCUT2D eigenvalue weighted by atomic mass is 19.1. The second-order valence-corrected chi connectivity index (χ2v) is 12.4. The Hall–Kier alpha value is -3.94. The van der Waals surface area contributed by atoms with Crippen molar-refractivity contribution in [1.82, 2.24) is 30.0 Å². The van der Waals surface area contributed by atoms with E-state index in [-0.39, 0.29) is 41.3 Å². The van der Waals surface area contributed by atoms with Gasteiger partial charge in [-0.05, 0) is 51.5 Å². The highest BCUT2D eigenvalue weighted by Gasteiger charge is 2.29. The Kier molecular flexibility index (Phi) is 10.7. The molecule has 0 spiro atoms. The molecule has 0 aliphatic carbocycles. The fourth-order valence-corrected chi connectivity index (χ4v) is 6.47. The smallest absolute Gasteiger partial charge is 0.282 e. The third-order valence-corrected chi connectivity index (χ3v) is 9.01. The third-order valence-electron chi connectivity index (χ3n) is 9.01. The summed E-state index contributed by atoms with van der Waals surface area (Å²) in [5, 5.41) is 8.14. The van der Waals surface area contributed by atoms with E-state index < -0.39 is 5.82 Å². The van der Waals surface area contributed by atoms with Crippen molar-refractivity contribution >= 4 is 11.7 Å². The molecule has 0 radical (unpaired) electrons. The molecule has 1 unspecified atom stereocenters. The van der Waals surface area contributed by atoms with Gasteiger partial charge in [-0.15, -0.1) is 10.2 Å². The summed E-state index contributed by atoms with van der Waals surface area (Å²) in [5.74, 6) is 0.942. The lowest BCUT2D eigenvalue weighted by atomic mass is 10.0. The van der Waals surface area contributed by atoms with Crippen LogP contribution in [-0.2, 0) is 22.4 Å². The van der Waals surface area contributed by atoms with Crippen LogP contribution >= 0.6 is 0 Å². The predicted molar refractivity (Wildman–Crippen MR) is 172 cm³/mol. The number of halogens is 1. The van der Waals surface area contributed by atoms with Crippen LogP contribution < -0.4 is 14.4 Å². The second-order valence-electron chi connectivity index (χ2n) is 12.4. The molecular formula is C34H44FN7O5. The van der Waals surface area contributed by atoms with Crippen molar-refractivity contribution in [2.45, 2.75) is 71.2 Å². The van der Waals surface area contributed by atoms with Crippen LogP contribution in [0.1, 0.15) is 61.6 Å². The van der Waals surface area contributed by atoms with Crippen molar-refractivity contribution < 1.29 is 28.1 Å². The van der Waals surface area contributed by atoms with Crippen molar-refractivity contribution in [2.24, 2.45) is 0 Å². The number of aromatic nitrogens is 4. The van der Waals surface area contributed by atoms with Gasteiger partial charge in [0.05, 0.1) is 31.5 Å². The average molecular weight is 650 g/mol. The summed E-state index contributed by atoms with van der Waals surface area (Å²) < 4.78 is 38.5. The van der Waals surface area contributed by atoms with E-state index in [1.165, 1.54) is 30.1 Å². The molecule has 3 aromatic rings. The number of amides is 1. The maximum absolute atomic E-state index is 14.3. The fourth-order valence-electron chi connectivity index (χ4n) is 6.47. The molecule has 12 nitrogen and oxygen atoms in total. The van der Waals surface area contributed by atoms with E-state index >= 15 is 0 Å².